The van der Waals surface area contributed by atoms with E-state index in [1.165, 1.54) is 6.07 Å². The molecule has 1 aliphatic rings. The smallest absolute Gasteiger partial charge is 0.407 e. The van der Waals surface area contributed by atoms with Crippen molar-refractivity contribution in [1.29, 1.82) is 0 Å². The van der Waals surface area contributed by atoms with Gasteiger partial charge >= 0.3 is 6.09 Å². The normalized spacial score (nSPS) is 20.3. The number of carbonyl (C=O) groups is 1. The summed E-state index contributed by atoms with van der Waals surface area (Å²) >= 11 is 0. The number of H-pyrrole nitrogens is 1. The molecule has 1 aromatic heterocycles. The van der Waals surface area contributed by atoms with E-state index in [0.29, 0.717) is 0 Å². The number of nitrogens with one attached hydrogen (secondary N) is 2. The van der Waals surface area contributed by atoms with Crippen LogP contribution in [0.3, 0.4) is 0 Å². The topological polar surface area (TPSA) is 84.1 Å². The zero-order valence-electron chi connectivity index (χ0n) is 13.4. The first-order chi connectivity index (χ1) is 11.7. The summed E-state index contributed by atoms with van der Waals surface area (Å²) in [4.78, 5) is 30.3. The maximum Gasteiger partial charge on any atom is 0.407 e. The van der Waals surface area contributed by atoms with Gasteiger partial charge in [-0.05, 0) is 31.2 Å². The lowest BCUT2D eigenvalue weighted by Crippen LogP contribution is -2.37. The number of alkyl carbamates (subject to hydrolysis) is 1. The van der Waals surface area contributed by atoms with E-state index < -0.39 is 0 Å². The molecule has 6 heteroatoms. The van der Waals surface area contributed by atoms with Crippen molar-refractivity contribution in [2.75, 3.05) is 0 Å². The Balaban J connectivity index is 1.43. The molecule has 0 spiro atoms. The van der Waals surface area contributed by atoms with Crippen molar-refractivity contribution < 1.29 is 9.53 Å². The first kappa shape index (κ1) is 16.2. The molecule has 24 heavy (non-hydrogen) atoms. The van der Waals surface area contributed by atoms with E-state index in [2.05, 4.69) is 15.3 Å². The Morgan fingerprint density at radius 1 is 1.17 bits per heavy atom. The summed E-state index contributed by atoms with van der Waals surface area (Å²) in [6.07, 6.45) is 4.63. The minimum absolute atomic E-state index is 0.111. The number of hydrogen-bond donors (Lipinski definition) is 2. The van der Waals surface area contributed by atoms with E-state index in [4.69, 9.17) is 4.74 Å². The van der Waals surface area contributed by atoms with Crippen LogP contribution >= 0.6 is 0 Å². The molecule has 126 valence electrons. The van der Waals surface area contributed by atoms with E-state index in [-0.39, 0.29) is 30.2 Å². The SMILES string of the molecule is O=C(NC1CCC(c2nccc(=O)[nH]2)CC1)OCc1ccccc1. The van der Waals surface area contributed by atoms with E-state index >= 15 is 0 Å². The number of rotatable bonds is 4. The van der Waals surface area contributed by atoms with Crippen molar-refractivity contribution in [3.8, 4) is 0 Å². The van der Waals surface area contributed by atoms with Crippen molar-refractivity contribution in [3.05, 3.63) is 64.3 Å². The Hall–Kier alpha value is -2.63. The molecule has 1 amide bonds. The average molecular weight is 327 g/mol. The molecule has 0 aliphatic heterocycles. The zero-order chi connectivity index (χ0) is 16.8. The molecule has 1 saturated carbocycles. The van der Waals surface area contributed by atoms with Crippen molar-refractivity contribution in [1.82, 2.24) is 15.3 Å². The summed E-state index contributed by atoms with van der Waals surface area (Å²) in [5.41, 5.74) is 0.847. The van der Waals surface area contributed by atoms with Crippen LogP contribution in [-0.2, 0) is 11.3 Å². The maximum atomic E-state index is 11.9. The molecule has 1 aliphatic carbocycles. The Morgan fingerprint density at radius 3 is 2.62 bits per heavy atom. The number of aromatic nitrogens is 2. The van der Waals surface area contributed by atoms with Crippen LogP contribution in [0.25, 0.3) is 0 Å². The minimum atomic E-state index is -0.381. The highest BCUT2D eigenvalue weighted by molar-refractivity contribution is 5.67. The molecule has 2 aromatic rings. The number of hydrogen-bond acceptors (Lipinski definition) is 4. The molecular formula is C18H21N3O3. The van der Waals surface area contributed by atoms with Gasteiger partial charge in [0.1, 0.15) is 12.4 Å². The van der Waals surface area contributed by atoms with Crippen LogP contribution in [0.15, 0.2) is 47.4 Å². The van der Waals surface area contributed by atoms with Gasteiger partial charge in [0.05, 0.1) is 0 Å². The quantitative estimate of drug-likeness (QED) is 0.904. The first-order valence-electron chi connectivity index (χ1n) is 8.23. The number of nitrogens with zero attached hydrogens (tertiary/aromatic N) is 1. The number of amides is 1. The van der Waals surface area contributed by atoms with Gasteiger partial charge in [-0.3, -0.25) is 4.79 Å². The van der Waals surface area contributed by atoms with Crippen LogP contribution in [0.5, 0.6) is 0 Å². The third kappa shape index (κ3) is 4.44. The molecule has 3 rings (SSSR count). The van der Waals surface area contributed by atoms with Crippen LogP contribution < -0.4 is 10.9 Å². The Morgan fingerprint density at radius 2 is 1.92 bits per heavy atom. The van der Waals surface area contributed by atoms with Gasteiger partial charge in [-0.2, -0.15) is 0 Å². The fourth-order valence-electron chi connectivity index (χ4n) is 3.04. The maximum absolute atomic E-state index is 11.9. The third-order valence-corrected chi connectivity index (χ3v) is 4.34. The van der Waals surface area contributed by atoms with Crippen LogP contribution in [-0.4, -0.2) is 22.1 Å². The summed E-state index contributed by atoms with van der Waals surface area (Å²) in [6, 6.07) is 11.1. The van der Waals surface area contributed by atoms with Gasteiger partial charge in [-0.15, -0.1) is 0 Å². The fraction of sp³-hybridized carbons (Fsp3) is 0.389. The number of carbonyl (C=O) groups excluding carboxylic acids is 1. The van der Waals surface area contributed by atoms with Crippen molar-refractivity contribution in [2.24, 2.45) is 0 Å². The van der Waals surface area contributed by atoms with Crippen molar-refractivity contribution in [2.45, 2.75) is 44.2 Å². The van der Waals surface area contributed by atoms with Crippen LogP contribution in [0.1, 0.15) is 43.0 Å². The number of benzene rings is 1. The molecule has 6 nitrogen and oxygen atoms in total. The summed E-state index contributed by atoms with van der Waals surface area (Å²) < 4.78 is 5.25. The van der Waals surface area contributed by atoms with E-state index in [1.54, 1.807) is 6.20 Å². The first-order valence-corrected chi connectivity index (χ1v) is 8.23. The predicted molar refractivity (Wildman–Crippen MR) is 89.6 cm³/mol. The lowest BCUT2D eigenvalue weighted by atomic mass is 9.85. The molecular weight excluding hydrogens is 306 g/mol. The summed E-state index contributed by atoms with van der Waals surface area (Å²) in [6.45, 7) is 0.275. The largest absolute Gasteiger partial charge is 0.445 e. The predicted octanol–water partition coefficient (Wildman–Crippen LogP) is 2.72. The van der Waals surface area contributed by atoms with Crippen LogP contribution in [0, 0.1) is 0 Å². The van der Waals surface area contributed by atoms with E-state index in [0.717, 1.165) is 37.1 Å². The van der Waals surface area contributed by atoms with Gasteiger partial charge in [0.15, 0.2) is 0 Å². The summed E-state index contributed by atoms with van der Waals surface area (Å²) in [5, 5.41) is 2.92. The second-order valence-corrected chi connectivity index (χ2v) is 6.07. The molecule has 1 aromatic carbocycles. The van der Waals surface area contributed by atoms with Gasteiger partial charge in [0.25, 0.3) is 5.56 Å². The third-order valence-electron chi connectivity index (χ3n) is 4.34. The highest BCUT2D eigenvalue weighted by atomic mass is 16.5. The minimum Gasteiger partial charge on any atom is -0.445 e. The Bertz CT molecular complexity index is 722. The second kappa shape index (κ2) is 7.77. The fourth-order valence-corrected chi connectivity index (χ4v) is 3.04. The van der Waals surface area contributed by atoms with E-state index in [1.807, 2.05) is 30.3 Å². The molecule has 0 bridgehead atoms. The Labute approximate surface area is 140 Å². The summed E-state index contributed by atoms with van der Waals surface area (Å²) in [5.74, 6) is 0.991. The van der Waals surface area contributed by atoms with Gasteiger partial charge in [-0.25, -0.2) is 9.78 Å². The molecule has 0 atom stereocenters. The molecule has 0 unspecified atom stereocenters. The zero-order valence-corrected chi connectivity index (χ0v) is 13.4. The number of aromatic amines is 1. The monoisotopic (exact) mass is 327 g/mol. The van der Waals surface area contributed by atoms with Gasteiger partial charge in [0, 0.05) is 24.2 Å². The highest BCUT2D eigenvalue weighted by Gasteiger charge is 2.25. The van der Waals surface area contributed by atoms with Crippen molar-refractivity contribution >= 4 is 6.09 Å². The molecule has 2 N–H and O–H groups in total. The molecule has 1 heterocycles. The number of ether oxygens (including phenoxy) is 1. The average Bonchev–Trinajstić information content (AvgIpc) is 2.61. The van der Waals surface area contributed by atoms with Gasteiger partial charge in [-0.1, -0.05) is 30.3 Å². The van der Waals surface area contributed by atoms with E-state index in [9.17, 15) is 9.59 Å². The van der Waals surface area contributed by atoms with Crippen molar-refractivity contribution in [3.63, 3.8) is 0 Å². The molecule has 1 fully saturated rings. The lowest BCUT2D eigenvalue weighted by Gasteiger charge is -2.28. The van der Waals surface area contributed by atoms with Gasteiger partial charge < -0.3 is 15.0 Å². The van der Waals surface area contributed by atoms with Gasteiger partial charge in [0.2, 0.25) is 0 Å². The van der Waals surface area contributed by atoms with Crippen LogP contribution in [0.4, 0.5) is 4.79 Å². The summed E-state index contributed by atoms with van der Waals surface area (Å²) in [7, 11) is 0. The Kier molecular flexibility index (Phi) is 5.25. The molecule has 0 saturated heterocycles. The molecule has 0 radical (unpaired) electrons. The highest BCUT2D eigenvalue weighted by Crippen LogP contribution is 2.30. The standard InChI is InChI=1S/C18H21N3O3/c22-16-10-11-19-17(21-16)14-6-8-15(9-7-14)20-18(23)24-12-13-4-2-1-3-5-13/h1-5,10-11,14-15H,6-9,12H2,(H,20,23)(H,19,21,22). The lowest BCUT2D eigenvalue weighted by molar-refractivity contribution is 0.132. The van der Waals surface area contributed by atoms with Crippen LogP contribution in [0.2, 0.25) is 0 Å². The second-order valence-electron chi connectivity index (χ2n) is 6.07.